The van der Waals surface area contributed by atoms with Crippen LogP contribution in [0.15, 0.2) is 48.6 Å². The van der Waals surface area contributed by atoms with E-state index in [1.54, 1.807) is 0 Å². The Kier molecular flexibility index (Phi) is 5.83. The zero-order chi connectivity index (χ0) is 15.1. The fourth-order valence-corrected chi connectivity index (χ4v) is 2.92. The van der Waals surface area contributed by atoms with Gasteiger partial charge in [0.15, 0.2) is 0 Å². The fraction of sp³-hybridized carbons (Fsp3) is 0.444. The van der Waals surface area contributed by atoms with Gasteiger partial charge < -0.3 is 10.0 Å². The van der Waals surface area contributed by atoms with E-state index in [0.29, 0.717) is 6.42 Å². The van der Waals surface area contributed by atoms with Crippen molar-refractivity contribution in [1.82, 2.24) is 0 Å². The lowest BCUT2D eigenvalue weighted by molar-refractivity contribution is 0.344. The normalized spacial score (nSPS) is 21.2. The Bertz CT molecular complexity index is 493. The number of hydrogen-bond donors (Lipinski definition) is 2. The summed E-state index contributed by atoms with van der Waals surface area (Å²) in [7, 11) is -1.29. The summed E-state index contributed by atoms with van der Waals surface area (Å²) in [6.45, 7) is 2.19. The molecular formula is C18H25BO2. The van der Waals surface area contributed by atoms with Gasteiger partial charge in [-0.15, -0.1) is 0 Å². The minimum absolute atomic E-state index is 0.508. The monoisotopic (exact) mass is 284 g/mol. The van der Waals surface area contributed by atoms with Crippen LogP contribution in [0.25, 0.3) is 5.57 Å². The lowest BCUT2D eigenvalue weighted by Gasteiger charge is -2.31. The van der Waals surface area contributed by atoms with Crippen LogP contribution in [0.2, 0.25) is 5.31 Å². The van der Waals surface area contributed by atoms with E-state index >= 15 is 0 Å². The molecule has 0 fully saturated rings. The molecule has 0 saturated carbocycles. The van der Waals surface area contributed by atoms with Crippen LogP contribution in [0, 0.1) is 0 Å². The predicted molar refractivity (Wildman–Crippen MR) is 89.8 cm³/mol. The molecule has 0 radical (unpaired) electrons. The Morgan fingerprint density at radius 3 is 2.43 bits per heavy atom. The summed E-state index contributed by atoms with van der Waals surface area (Å²) in [4.78, 5) is 0. The summed E-state index contributed by atoms with van der Waals surface area (Å²) in [5.74, 6) is 0. The molecule has 1 aromatic rings. The second kappa shape index (κ2) is 7.62. The third-order valence-electron chi connectivity index (χ3n) is 4.41. The van der Waals surface area contributed by atoms with E-state index in [4.69, 9.17) is 0 Å². The van der Waals surface area contributed by atoms with Crippen molar-refractivity contribution in [3.63, 3.8) is 0 Å². The maximum Gasteiger partial charge on any atom is 0.462 e. The number of benzene rings is 1. The van der Waals surface area contributed by atoms with Crippen LogP contribution in [0.5, 0.6) is 0 Å². The molecule has 0 amide bonds. The van der Waals surface area contributed by atoms with Crippen LogP contribution in [-0.2, 0) is 0 Å². The molecule has 1 aromatic carbocycles. The Morgan fingerprint density at radius 2 is 1.86 bits per heavy atom. The molecule has 21 heavy (non-hydrogen) atoms. The van der Waals surface area contributed by atoms with Gasteiger partial charge in [0.1, 0.15) is 0 Å². The second-order valence-corrected chi connectivity index (χ2v) is 5.98. The molecule has 2 rings (SSSR count). The molecule has 1 atom stereocenters. The van der Waals surface area contributed by atoms with Gasteiger partial charge in [0, 0.05) is 5.31 Å². The molecule has 2 nitrogen and oxygen atoms in total. The third-order valence-corrected chi connectivity index (χ3v) is 4.41. The van der Waals surface area contributed by atoms with Gasteiger partial charge in [-0.3, -0.25) is 0 Å². The highest BCUT2D eigenvalue weighted by Gasteiger charge is 2.39. The molecule has 3 heteroatoms. The first kappa shape index (κ1) is 16.1. The van der Waals surface area contributed by atoms with Crippen LogP contribution < -0.4 is 0 Å². The third kappa shape index (κ3) is 4.08. The summed E-state index contributed by atoms with van der Waals surface area (Å²) in [6, 6.07) is 10.2. The molecule has 0 heterocycles. The number of rotatable bonds is 7. The number of unbranched alkanes of at least 4 members (excludes halogenated alkanes) is 3. The second-order valence-electron chi connectivity index (χ2n) is 5.98. The average molecular weight is 284 g/mol. The van der Waals surface area contributed by atoms with Crippen molar-refractivity contribution < 1.29 is 10.0 Å². The standard InChI is InChI=1S/C18H25BO2/c1-2-3-4-8-13-18(19(20)21)14-11-17(12-15-18)16-9-6-5-7-10-16/h5-7,9-12,14,20-21H,2-4,8,13,15H2,1H3. The zero-order valence-electron chi connectivity index (χ0n) is 12.8. The van der Waals surface area contributed by atoms with Gasteiger partial charge in [-0.1, -0.05) is 81.2 Å². The van der Waals surface area contributed by atoms with Gasteiger partial charge in [-0.2, -0.15) is 0 Å². The van der Waals surface area contributed by atoms with E-state index in [1.807, 2.05) is 30.4 Å². The number of hydrogen-bond acceptors (Lipinski definition) is 2. The van der Waals surface area contributed by atoms with Crippen molar-refractivity contribution in [1.29, 1.82) is 0 Å². The Balaban J connectivity index is 2.04. The molecular weight excluding hydrogens is 259 g/mol. The van der Waals surface area contributed by atoms with E-state index < -0.39 is 12.4 Å². The van der Waals surface area contributed by atoms with Gasteiger partial charge in [-0.25, -0.2) is 0 Å². The predicted octanol–water partition coefficient (Wildman–Crippen LogP) is 4.21. The molecule has 0 aromatic heterocycles. The Morgan fingerprint density at radius 1 is 1.10 bits per heavy atom. The lowest BCUT2D eigenvalue weighted by atomic mass is 9.52. The largest absolute Gasteiger partial charge is 0.462 e. The Labute approximate surface area is 128 Å². The maximum atomic E-state index is 9.82. The first-order valence-corrected chi connectivity index (χ1v) is 7.99. The topological polar surface area (TPSA) is 40.5 Å². The van der Waals surface area contributed by atoms with Gasteiger partial charge in [0.25, 0.3) is 0 Å². The van der Waals surface area contributed by atoms with E-state index in [9.17, 15) is 10.0 Å². The van der Waals surface area contributed by atoms with Crippen LogP contribution in [0.4, 0.5) is 0 Å². The van der Waals surface area contributed by atoms with Crippen molar-refractivity contribution in [3.8, 4) is 0 Å². The van der Waals surface area contributed by atoms with Gasteiger partial charge in [0.2, 0.25) is 0 Å². The summed E-state index contributed by atoms with van der Waals surface area (Å²) in [6.07, 6.45) is 12.3. The quantitative estimate of drug-likeness (QED) is 0.581. The number of allylic oxidation sites excluding steroid dienone is 4. The molecule has 1 unspecified atom stereocenters. The molecule has 2 N–H and O–H groups in total. The molecule has 1 aliphatic rings. The molecule has 0 spiro atoms. The highest BCUT2D eigenvalue weighted by atomic mass is 16.4. The highest BCUT2D eigenvalue weighted by Crippen LogP contribution is 2.44. The lowest BCUT2D eigenvalue weighted by Crippen LogP contribution is -2.32. The van der Waals surface area contributed by atoms with Crippen molar-refractivity contribution in [2.45, 2.75) is 50.8 Å². The van der Waals surface area contributed by atoms with Crippen molar-refractivity contribution in [2.24, 2.45) is 0 Å². The molecule has 0 aliphatic heterocycles. The minimum atomic E-state index is -1.29. The maximum absolute atomic E-state index is 9.82. The van der Waals surface area contributed by atoms with Crippen molar-refractivity contribution >= 4 is 12.7 Å². The van der Waals surface area contributed by atoms with Crippen LogP contribution in [-0.4, -0.2) is 17.2 Å². The fourth-order valence-electron chi connectivity index (χ4n) is 2.92. The molecule has 0 bridgehead atoms. The van der Waals surface area contributed by atoms with Crippen LogP contribution in [0.1, 0.15) is 51.0 Å². The summed E-state index contributed by atoms with van der Waals surface area (Å²) in [5, 5.41) is 19.1. The van der Waals surface area contributed by atoms with Crippen LogP contribution in [0.3, 0.4) is 0 Å². The van der Waals surface area contributed by atoms with E-state index in [1.165, 1.54) is 24.0 Å². The summed E-state index contributed by atoms with van der Waals surface area (Å²) in [5.41, 5.74) is 2.35. The molecule has 1 aliphatic carbocycles. The SMILES string of the molecule is CCCCCCC1(B(O)O)C=CC(c2ccccc2)=CC1. The summed E-state index contributed by atoms with van der Waals surface area (Å²) < 4.78 is 0. The highest BCUT2D eigenvalue weighted by molar-refractivity contribution is 6.46. The molecule has 0 saturated heterocycles. The first-order valence-electron chi connectivity index (χ1n) is 7.99. The van der Waals surface area contributed by atoms with Gasteiger partial charge in [0.05, 0.1) is 0 Å². The van der Waals surface area contributed by atoms with Gasteiger partial charge >= 0.3 is 7.12 Å². The van der Waals surface area contributed by atoms with Crippen LogP contribution >= 0.6 is 0 Å². The van der Waals surface area contributed by atoms with Gasteiger partial charge in [-0.05, 0) is 24.0 Å². The average Bonchev–Trinajstić information content (AvgIpc) is 2.53. The zero-order valence-corrected chi connectivity index (χ0v) is 12.8. The van der Waals surface area contributed by atoms with Crippen molar-refractivity contribution in [2.75, 3.05) is 0 Å². The van der Waals surface area contributed by atoms with E-state index in [2.05, 4.69) is 25.1 Å². The van der Waals surface area contributed by atoms with E-state index in [0.717, 1.165) is 19.3 Å². The smallest absolute Gasteiger partial charge is 0.426 e. The first-order chi connectivity index (χ1) is 10.2. The molecule has 112 valence electrons. The minimum Gasteiger partial charge on any atom is -0.426 e. The van der Waals surface area contributed by atoms with E-state index in [-0.39, 0.29) is 0 Å². The summed E-state index contributed by atoms with van der Waals surface area (Å²) >= 11 is 0. The Hall–Kier alpha value is -1.32. The van der Waals surface area contributed by atoms with Crippen molar-refractivity contribution in [3.05, 3.63) is 54.1 Å².